The van der Waals surface area contributed by atoms with Crippen molar-refractivity contribution < 1.29 is 13.2 Å². The number of hydrogen-bond donors (Lipinski definition) is 0. The maximum Gasteiger partial charge on any atom is 0.227 e. The van der Waals surface area contributed by atoms with Crippen LogP contribution in [-0.4, -0.2) is 26.1 Å². The summed E-state index contributed by atoms with van der Waals surface area (Å²) in [5.74, 6) is -0.0904. The van der Waals surface area contributed by atoms with E-state index >= 15 is 0 Å². The van der Waals surface area contributed by atoms with Crippen LogP contribution in [0.15, 0.2) is 60.0 Å². The molecular formula is C22H25NO3S. The molecule has 0 spiro atoms. The number of aryl methyl sites for hydroxylation is 3. The molecule has 0 aromatic heterocycles. The van der Waals surface area contributed by atoms with Crippen LogP contribution >= 0.6 is 0 Å². The first-order chi connectivity index (χ1) is 12.8. The second-order valence-electron chi connectivity index (χ2n) is 7.17. The van der Waals surface area contributed by atoms with E-state index in [-0.39, 0.29) is 11.7 Å². The van der Waals surface area contributed by atoms with E-state index < -0.39 is 15.9 Å². The molecule has 4 nitrogen and oxygen atoms in total. The molecule has 0 saturated heterocycles. The Morgan fingerprint density at radius 2 is 1.74 bits per heavy atom. The third-order valence-corrected chi connectivity index (χ3v) is 6.07. The lowest BCUT2D eigenvalue weighted by atomic mass is 10.1. The minimum atomic E-state index is -3.24. The summed E-state index contributed by atoms with van der Waals surface area (Å²) >= 11 is 0. The Bertz CT molecular complexity index is 929. The van der Waals surface area contributed by atoms with Crippen LogP contribution in [0.4, 0.5) is 5.69 Å². The SMILES string of the molecule is Cc1cc(C)cc(N(C(=O)CCCc2ccccc2)[C@H]2C=CS(=O)(=O)C2)c1. The molecule has 142 valence electrons. The molecule has 1 atom stereocenters. The summed E-state index contributed by atoms with van der Waals surface area (Å²) in [6.07, 6.45) is 3.56. The van der Waals surface area contributed by atoms with Gasteiger partial charge in [-0.25, -0.2) is 8.42 Å². The lowest BCUT2D eigenvalue weighted by molar-refractivity contribution is -0.118. The number of sulfone groups is 1. The summed E-state index contributed by atoms with van der Waals surface area (Å²) < 4.78 is 23.8. The fourth-order valence-electron chi connectivity index (χ4n) is 3.54. The number of anilines is 1. The minimum absolute atomic E-state index is 0.0392. The quantitative estimate of drug-likeness (QED) is 0.758. The predicted molar refractivity (Wildman–Crippen MR) is 109 cm³/mol. The van der Waals surface area contributed by atoms with Gasteiger partial charge in [-0.05, 0) is 61.6 Å². The van der Waals surface area contributed by atoms with Gasteiger partial charge in [0.1, 0.15) is 0 Å². The van der Waals surface area contributed by atoms with Crippen LogP contribution in [0.25, 0.3) is 0 Å². The van der Waals surface area contributed by atoms with Crippen molar-refractivity contribution in [1.82, 2.24) is 0 Å². The van der Waals surface area contributed by atoms with Crippen LogP contribution in [-0.2, 0) is 21.1 Å². The lowest BCUT2D eigenvalue weighted by Crippen LogP contribution is -2.41. The number of carbonyl (C=O) groups is 1. The maximum absolute atomic E-state index is 13.1. The molecule has 0 aliphatic carbocycles. The van der Waals surface area contributed by atoms with Crippen LogP contribution < -0.4 is 4.90 Å². The van der Waals surface area contributed by atoms with E-state index in [1.807, 2.05) is 50.2 Å². The maximum atomic E-state index is 13.1. The highest BCUT2D eigenvalue weighted by Gasteiger charge is 2.31. The minimum Gasteiger partial charge on any atom is -0.304 e. The molecule has 0 bridgehead atoms. The van der Waals surface area contributed by atoms with Crippen molar-refractivity contribution in [2.75, 3.05) is 10.7 Å². The first-order valence-corrected chi connectivity index (χ1v) is 10.9. The molecule has 0 saturated carbocycles. The molecule has 5 heteroatoms. The van der Waals surface area contributed by atoms with Gasteiger partial charge in [0.05, 0.1) is 11.8 Å². The van der Waals surface area contributed by atoms with Crippen LogP contribution in [0.3, 0.4) is 0 Å². The first-order valence-electron chi connectivity index (χ1n) is 9.19. The summed E-state index contributed by atoms with van der Waals surface area (Å²) in [7, 11) is -3.24. The van der Waals surface area contributed by atoms with Gasteiger partial charge in [0.2, 0.25) is 5.91 Å². The van der Waals surface area contributed by atoms with Gasteiger partial charge in [-0.2, -0.15) is 0 Å². The monoisotopic (exact) mass is 383 g/mol. The van der Waals surface area contributed by atoms with Crippen molar-refractivity contribution in [3.63, 3.8) is 0 Å². The Hall–Kier alpha value is -2.40. The molecule has 1 aliphatic heterocycles. The Morgan fingerprint density at radius 3 is 2.33 bits per heavy atom. The van der Waals surface area contributed by atoms with Gasteiger partial charge in [0, 0.05) is 17.5 Å². The van der Waals surface area contributed by atoms with E-state index in [1.165, 1.54) is 11.0 Å². The van der Waals surface area contributed by atoms with Crippen LogP contribution in [0, 0.1) is 13.8 Å². The van der Waals surface area contributed by atoms with Crippen LogP contribution in [0.1, 0.15) is 29.5 Å². The summed E-state index contributed by atoms with van der Waals surface area (Å²) in [5.41, 5.74) is 4.07. The predicted octanol–water partition coefficient (Wildman–Crippen LogP) is 3.97. The van der Waals surface area contributed by atoms with Crippen molar-refractivity contribution in [2.24, 2.45) is 0 Å². The lowest BCUT2D eigenvalue weighted by Gasteiger charge is -2.28. The van der Waals surface area contributed by atoms with Gasteiger partial charge < -0.3 is 4.90 Å². The van der Waals surface area contributed by atoms with E-state index in [4.69, 9.17) is 0 Å². The second kappa shape index (κ2) is 8.09. The smallest absolute Gasteiger partial charge is 0.227 e. The number of nitrogens with zero attached hydrogens (tertiary/aromatic N) is 1. The van der Waals surface area contributed by atoms with Gasteiger partial charge >= 0.3 is 0 Å². The first kappa shape index (κ1) is 19.4. The Balaban J connectivity index is 1.79. The molecule has 3 rings (SSSR count). The van der Waals surface area contributed by atoms with Gasteiger partial charge in [-0.3, -0.25) is 4.79 Å². The molecule has 1 aliphatic rings. The fraction of sp³-hybridized carbons (Fsp3) is 0.318. The number of amides is 1. The number of benzene rings is 2. The number of rotatable bonds is 6. The Morgan fingerprint density at radius 1 is 1.07 bits per heavy atom. The molecule has 27 heavy (non-hydrogen) atoms. The largest absolute Gasteiger partial charge is 0.304 e. The standard InChI is InChI=1S/C22H25NO3S/c1-17-13-18(2)15-21(14-17)23(20-11-12-27(25,26)16-20)22(24)10-6-9-19-7-4-3-5-8-19/h3-5,7-8,11-15,20H,6,9-10,16H2,1-2H3/t20-/m0/s1. The third-order valence-electron chi connectivity index (χ3n) is 4.69. The highest BCUT2D eigenvalue weighted by atomic mass is 32.2. The zero-order valence-electron chi connectivity index (χ0n) is 15.8. The summed E-state index contributed by atoms with van der Waals surface area (Å²) in [5, 5.41) is 1.23. The number of hydrogen-bond acceptors (Lipinski definition) is 3. The molecule has 0 N–H and O–H groups in total. The normalized spacial score (nSPS) is 17.8. The Labute approximate surface area is 161 Å². The fourth-order valence-corrected chi connectivity index (χ4v) is 4.81. The topological polar surface area (TPSA) is 54.5 Å². The Kier molecular flexibility index (Phi) is 5.80. The summed E-state index contributed by atoms with van der Waals surface area (Å²) in [4.78, 5) is 14.7. The zero-order chi connectivity index (χ0) is 19.4. The average Bonchev–Trinajstić information content (AvgIpc) is 2.94. The summed E-state index contributed by atoms with van der Waals surface area (Å²) in [6.45, 7) is 3.96. The van der Waals surface area contributed by atoms with Crippen molar-refractivity contribution in [1.29, 1.82) is 0 Å². The van der Waals surface area contributed by atoms with E-state index in [9.17, 15) is 13.2 Å². The highest BCUT2D eigenvalue weighted by Crippen LogP contribution is 2.26. The van der Waals surface area contributed by atoms with Crippen molar-refractivity contribution >= 4 is 21.4 Å². The van der Waals surface area contributed by atoms with Gasteiger partial charge in [-0.1, -0.05) is 36.4 Å². The molecule has 0 unspecified atom stereocenters. The average molecular weight is 384 g/mol. The van der Waals surface area contributed by atoms with Crippen LogP contribution in [0.5, 0.6) is 0 Å². The van der Waals surface area contributed by atoms with Crippen molar-refractivity contribution in [2.45, 2.75) is 39.2 Å². The zero-order valence-corrected chi connectivity index (χ0v) is 16.6. The number of carbonyl (C=O) groups excluding carboxylic acids is 1. The molecular weight excluding hydrogens is 358 g/mol. The van der Waals surface area contributed by atoms with Gasteiger partial charge in [0.25, 0.3) is 0 Å². The molecule has 2 aromatic rings. The van der Waals surface area contributed by atoms with Crippen molar-refractivity contribution in [3.8, 4) is 0 Å². The van der Waals surface area contributed by atoms with Gasteiger partial charge in [-0.15, -0.1) is 0 Å². The van der Waals surface area contributed by atoms with E-state index in [2.05, 4.69) is 12.1 Å². The molecule has 1 heterocycles. The molecule has 2 aromatic carbocycles. The van der Waals surface area contributed by atoms with Gasteiger partial charge in [0.15, 0.2) is 9.84 Å². The van der Waals surface area contributed by atoms with E-state index in [0.717, 1.165) is 29.7 Å². The van der Waals surface area contributed by atoms with Crippen LogP contribution in [0.2, 0.25) is 0 Å². The molecule has 0 fully saturated rings. The molecule has 1 amide bonds. The highest BCUT2D eigenvalue weighted by molar-refractivity contribution is 7.94. The van der Waals surface area contributed by atoms with E-state index in [1.54, 1.807) is 11.0 Å². The second-order valence-corrected chi connectivity index (χ2v) is 9.11. The van der Waals surface area contributed by atoms with Crippen molar-refractivity contribution in [3.05, 3.63) is 76.7 Å². The summed E-state index contributed by atoms with van der Waals surface area (Å²) in [6, 6.07) is 15.6. The third kappa shape index (κ3) is 5.07. The van der Waals surface area contributed by atoms with E-state index in [0.29, 0.717) is 6.42 Å². The molecule has 0 radical (unpaired) electrons.